The van der Waals surface area contributed by atoms with Crippen LogP contribution in [0.25, 0.3) is 0 Å². The molecular formula is C10H16O5. The average Bonchev–Trinajstić information content (AvgIpc) is 2.12. The fraction of sp³-hybridized carbons (Fsp3) is 0.600. The maximum absolute atomic E-state index is 10.7. The lowest BCUT2D eigenvalue weighted by Crippen LogP contribution is -2.42. The molecule has 0 aliphatic rings. The first-order valence-electron chi connectivity index (χ1n) is 4.57. The van der Waals surface area contributed by atoms with E-state index < -0.39 is 23.5 Å². The van der Waals surface area contributed by atoms with E-state index in [4.69, 9.17) is 10.2 Å². The summed E-state index contributed by atoms with van der Waals surface area (Å²) in [5.74, 6) is -3.11. The Morgan fingerprint density at radius 2 is 1.87 bits per heavy atom. The zero-order valence-corrected chi connectivity index (χ0v) is 9.02. The van der Waals surface area contributed by atoms with Crippen molar-refractivity contribution < 1.29 is 24.9 Å². The molecule has 0 saturated heterocycles. The number of hydrogen-bond acceptors (Lipinski definition) is 3. The van der Waals surface area contributed by atoms with Gasteiger partial charge in [0.15, 0.2) is 5.60 Å². The number of carboxylic acids is 2. The van der Waals surface area contributed by atoms with Gasteiger partial charge in [0.05, 0.1) is 0 Å². The first-order chi connectivity index (χ1) is 6.73. The molecule has 0 heterocycles. The Balaban J connectivity index is 4.69. The van der Waals surface area contributed by atoms with E-state index in [1.165, 1.54) is 13.0 Å². The van der Waals surface area contributed by atoms with Crippen LogP contribution in [0, 0.1) is 5.92 Å². The zero-order valence-electron chi connectivity index (χ0n) is 9.02. The van der Waals surface area contributed by atoms with Crippen LogP contribution in [0.1, 0.15) is 27.2 Å². The number of rotatable bonds is 5. The maximum Gasteiger partial charge on any atom is 0.335 e. The Morgan fingerprint density at radius 3 is 2.13 bits per heavy atom. The van der Waals surface area contributed by atoms with E-state index >= 15 is 0 Å². The van der Waals surface area contributed by atoms with E-state index in [9.17, 15) is 14.7 Å². The van der Waals surface area contributed by atoms with Crippen molar-refractivity contribution in [2.24, 2.45) is 5.92 Å². The Morgan fingerprint density at radius 1 is 1.40 bits per heavy atom. The van der Waals surface area contributed by atoms with Crippen molar-refractivity contribution in [3.05, 3.63) is 11.6 Å². The van der Waals surface area contributed by atoms with Gasteiger partial charge < -0.3 is 15.3 Å². The summed E-state index contributed by atoms with van der Waals surface area (Å²) >= 11 is 0. The summed E-state index contributed by atoms with van der Waals surface area (Å²) in [5, 5.41) is 27.0. The highest BCUT2D eigenvalue weighted by Crippen LogP contribution is 2.24. The first kappa shape index (κ1) is 13.6. The summed E-state index contributed by atoms with van der Waals surface area (Å²) in [6.07, 6.45) is 1.42. The molecule has 0 amide bonds. The van der Waals surface area contributed by atoms with Crippen molar-refractivity contribution in [3.8, 4) is 0 Å². The molecule has 2 unspecified atom stereocenters. The van der Waals surface area contributed by atoms with Crippen LogP contribution in [0.5, 0.6) is 0 Å². The quantitative estimate of drug-likeness (QED) is 0.593. The van der Waals surface area contributed by atoms with Gasteiger partial charge in [-0.15, -0.1) is 0 Å². The molecule has 15 heavy (non-hydrogen) atoms. The van der Waals surface area contributed by atoms with Gasteiger partial charge in [-0.3, -0.25) is 0 Å². The van der Waals surface area contributed by atoms with Gasteiger partial charge in [0.25, 0.3) is 0 Å². The molecule has 0 rings (SSSR count). The second-order valence-corrected chi connectivity index (χ2v) is 3.68. The van der Waals surface area contributed by atoms with Crippen molar-refractivity contribution >= 4 is 11.9 Å². The fourth-order valence-corrected chi connectivity index (χ4v) is 1.07. The van der Waals surface area contributed by atoms with Gasteiger partial charge in [-0.05, 0) is 26.2 Å². The molecule has 0 aliphatic carbocycles. The molecule has 0 bridgehead atoms. The number of allylic oxidation sites excluding steroid dienone is 1. The van der Waals surface area contributed by atoms with Gasteiger partial charge in [0.1, 0.15) is 0 Å². The van der Waals surface area contributed by atoms with E-state index in [1.54, 1.807) is 6.92 Å². The highest BCUT2D eigenvalue weighted by molar-refractivity contribution is 5.86. The van der Waals surface area contributed by atoms with Gasteiger partial charge in [0, 0.05) is 5.57 Å². The Labute approximate surface area is 88.0 Å². The Hall–Kier alpha value is -1.36. The minimum Gasteiger partial charge on any atom is -0.479 e. The summed E-state index contributed by atoms with van der Waals surface area (Å²) in [5.41, 5.74) is -1.81. The molecule has 0 radical (unpaired) electrons. The van der Waals surface area contributed by atoms with Gasteiger partial charge in [-0.25, -0.2) is 9.59 Å². The predicted molar refractivity (Wildman–Crippen MR) is 53.4 cm³/mol. The molecule has 86 valence electrons. The van der Waals surface area contributed by atoms with Gasteiger partial charge in [-0.2, -0.15) is 0 Å². The van der Waals surface area contributed by atoms with Crippen molar-refractivity contribution in [3.63, 3.8) is 0 Å². The van der Waals surface area contributed by atoms with Crippen LogP contribution in [-0.4, -0.2) is 32.9 Å². The number of aliphatic carboxylic acids is 2. The summed E-state index contributed by atoms with van der Waals surface area (Å²) < 4.78 is 0. The summed E-state index contributed by atoms with van der Waals surface area (Å²) in [7, 11) is 0. The van der Waals surface area contributed by atoms with Crippen molar-refractivity contribution in [2.75, 3.05) is 0 Å². The van der Waals surface area contributed by atoms with Crippen LogP contribution in [-0.2, 0) is 9.59 Å². The lowest BCUT2D eigenvalue weighted by atomic mass is 9.85. The second kappa shape index (κ2) is 4.93. The third-order valence-electron chi connectivity index (χ3n) is 2.54. The van der Waals surface area contributed by atoms with Gasteiger partial charge >= 0.3 is 11.9 Å². The molecule has 5 heteroatoms. The number of carbonyl (C=O) groups is 2. The van der Waals surface area contributed by atoms with E-state index in [2.05, 4.69) is 0 Å². The van der Waals surface area contributed by atoms with E-state index in [1.807, 2.05) is 0 Å². The summed E-state index contributed by atoms with van der Waals surface area (Å²) in [6, 6.07) is 0. The molecule has 0 saturated carbocycles. The second-order valence-electron chi connectivity index (χ2n) is 3.68. The molecular weight excluding hydrogens is 200 g/mol. The average molecular weight is 216 g/mol. The molecule has 2 atom stereocenters. The van der Waals surface area contributed by atoms with E-state index in [0.717, 1.165) is 6.92 Å². The Kier molecular flexibility index (Phi) is 4.48. The summed E-state index contributed by atoms with van der Waals surface area (Å²) in [6.45, 7) is 4.22. The first-order valence-corrected chi connectivity index (χ1v) is 4.57. The van der Waals surface area contributed by atoms with Crippen LogP contribution >= 0.6 is 0 Å². The Bertz CT molecular complexity index is 290. The fourth-order valence-electron chi connectivity index (χ4n) is 1.07. The normalized spacial score (nSPS) is 18.0. The van der Waals surface area contributed by atoms with Crippen molar-refractivity contribution in [1.29, 1.82) is 0 Å². The lowest BCUT2D eigenvalue weighted by molar-refractivity contribution is -0.162. The monoisotopic (exact) mass is 216 g/mol. The molecule has 0 spiro atoms. The standard InChI is InChI=1S/C10H16O5/c1-4-7(8(11)12)5-6(2)10(3,15)9(13)14/h4,6,15H,5H2,1-3H3,(H,11,12)(H,13,14)/b7-4+. The predicted octanol–water partition coefficient (Wildman–Crippen LogP) is 0.879. The van der Waals surface area contributed by atoms with Crippen LogP contribution < -0.4 is 0 Å². The minimum atomic E-state index is -1.91. The maximum atomic E-state index is 10.7. The largest absolute Gasteiger partial charge is 0.479 e. The molecule has 0 aromatic carbocycles. The molecule has 0 aromatic rings. The topological polar surface area (TPSA) is 94.8 Å². The molecule has 0 aromatic heterocycles. The van der Waals surface area contributed by atoms with Crippen LogP contribution in [0.3, 0.4) is 0 Å². The van der Waals surface area contributed by atoms with E-state index in [-0.39, 0.29) is 12.0 Å². The van der Waals surface area contributed by atoms with Gasteiger partial charge in [-0.1, -0.05) is 13.0 Å². The highest BCUT2D eigenvalue weighted by atomic mass is 16.4. The minimum absolute atomic E-state index is 0.0190. The zero-order chi connectivity index (χ0) is 12.2. The number of hydrogen-bond donors (Lipinski definition) is 3. The highest BCUT2D eigenvalue weighted by Gasteiger charge is 2.37. The molecule has 5 nitrogen and oxygen atoms in total. The van der Waals surface area contributed by atoms with E-state index in [0.29, 0.717) is 0 Å². The number of aliphatic hydroxyl groups is 1. The third-order valence-corrected chi connectivity index (χ3v) is 2.54. The third kappa shape index (κ3) is 3.36. The number of carboxylic acid groups (broad SMARTS) is 2. The molecule has 3 N–H and O–H groups in total. The van der Waals surface area contributed by atoms with Crippen molar-refractivity contribution in [1.82, 2.24) is 0 Å². The molecule has 0 fully saturated rings. The molecule has 0 aliphatic heterocycles. The lowest BCUT2D eigenvalue weighted by Gasteiger charge is -2.25. The smallest absolute Gasteiger partial charge is 0.335 e. The summed E-state index contributed by atoms with van der Waals surface area (Å²) in [4.78, 5) is 21.4. The van der Waals surface area contributed by atoms with Crippen LogP contribution in [0.15, 0.2) is 11.6 Å². The van der Waals surface area contributed by atoms with Crippen LogP contribution in [0.2, 0.25) is 0 Å². The van der Waals surface area contributed by atoms with Gasteiger partial charge in [0.2, 0.25) is 0 Å². The van der Waals surface area contributed by atoms with Crippen molar-refractivity contribution in [2.45, 2.75) is 32.8 Å². The van der Waals surface area contributed by atoms with Crippen LogP contribution in [0.4, 0.5) is 0 Å². The SMILES string of the molecule is C/C=C(\CC(C)C(C)(O)C(=O)O)C(=O)O.